The van der Waals surface area contributed by atoms with Crippen LogP contribution < -0.4 is 17.0 Å². The molecule has 1 N–H and O–H groups in total. The first kappa shape index (κ1) is 10.4. The van der Waals surface area contributed by atoms with Gasteiger partial charge in [0, 0.05) is 26.0 Å². The Bertz CT molecular complexity index is 205. The van der Waals surface area contributed by atoms with Crippen molar-refractivity contribution < 1.29 is 22.1 Å². The Morgan fingerprint density at radius 2 is 1.55 bits per heavy atom. The van der Waals surface area contributed by atoms with E-state index in [0.717, 1.165) is 0 Å². The van der Waals surface area contributed by atoms with Gasteiger partial charge in [0.05, 0.1) is 0 Å². The second kappa shape index (κ2) is 3.69. The first-order valence-corrected chi connectivity index (χ1v) is 3.30. The molecule has 0 amide bonds. The first-order chi connectivity index (χ1) is 4.61. The number of halogens is 1. The standard InChI is InChI=1S/C8H12NO.ClH/c1-8(2,10)9-6-4-3-5-7-9;/h3-7,10H,1-2H3;1H/q+1;/p-1. The van der Waals surface area contributed by atoms with E-state index in [0.29, 0.717) is 0 Å². The molecule has 0 fully saturated rings. The van der Waals surface area contributed by atoms with Gasteiger partial charge >= 0.3 is 0 Å². The number of hydrogen-bond acceptors (Lipinski definition) is 1. The minimum absolute atomic E-state index is 0. The zero-order valence-corrected chi connectivity index (χ0v) is 7.42. The second-order valence-electron chi connectivity index (χ2n) is 2.78. The number of rotatable bonds is 1. The van der Waals surface area contributed by atoms with E-state index < -0.39 is 5.72 Å². The van der Waals surface area contributed by atoms with Crippen molar-refractivity contribution in [3.8, 4) is 0 Å². The molecule has 1 aromatic heterocycles. The van der Waals surface area contributed by atoms with E-state index in [9.17, 15) is 5.11 Å². The molecular weight excluding hydrogens is 162 g/mol. The molecule has 3 heteroatoms. The third-order valence-corrected chi connectivity index (χ3v) is 1.35. The molecule has 1 heterocycles. The molecule has 0 aliphatic rings. The Labute approximate surface area is 72.9 Å². The number of pyridine rings is 1. The molecular formula is C8H12ClNO. The largest absolute Gasteiger partial charge is 1.00 e. The predicted octanol–water partition coefficient (Wildman–Crippen LogP) is -2.34. The van der Waals surface area contributed by atoms with Gasteiger partial charge in [0.1, 0.15) is 0 Å². The van der Waals surface area contributed by atoms with Gasteiger partial charge < -0.3 is 17.5 Å². The van der Waals surface area contributed by atoms with Gasteiger partial charge in [-0.15, -0.1) is 0 Å². The van der Waals surface area contributed by atoms with Crippen LogP contribution in [0.15, 0.2) is 30.6 Å². The lowest BCUT2D eigenvalue weighted by Crippen LogP contribution is -3.00. The Balaban J connectivity index is 0.000001000. The maximum atomic E-state index is 9.45. The molecule has 11 heavy (non-hydrogen) atoms. The van der Waals surface area contributed by atoms with Gasteiger partial charge in [0.2, 0.25) is 0 Å². The minimum atomic E-state index is -0.790. The SMILES string of the molecule is CC(C)(O)[n+]1ccccc1.[Cl-]. The van der Waals surface area contributed by atoms with Crippen molar-refractivity contribution in [2.24, 2.45) is 0 Å². The Morgan fingerprint density at radius 1 is 1.09 bits per heavy atom. The van der Waals surface area contributed by atoms with E-state index in [1.54, 1.807) is 18.4 Å². The van der Waals surface area contributed by atoms with E-state index in [4.69, 9.17) is 0 Å². The van der Waals surface area contributed by atoms with Gasteiger partial charge in [-0.3, -0.25) is 0 Å². The summed E-state index contributed by atoms with van der Waals surface area (Å²) in [6.07, 6.45) is 3.67. The molecule has 0 saturated heterocycles. The summed E-state index contributed by atoms with van der Waals surface area (Å²) in [7, 11) is 0. The highest BCUT2D eigenvalue weighted by Crippen LogP contribution is 1.97. The van der Waals surface area contributed by atoms with Gasteiger partial charge in [-0.05, 0) is 0 Å². The van der Waals surface area contributed by atoms with Crippen molar-refractivity contribution in [3.63, 3.8) is 0 Å². The molecule has 0 aliphatic carbocycles. The van der Waals surface area contributed by atoms with E-state index in [1.165, 1.54) is 0 Å². The molecule has 0 unspecified atom stereocenters. The molecule has 0 aliphatic heterocycles. The second-order valence-corrected chi connectivity index (χ2v) is 2.78. The Kier molecular flexibility index (Phi) is 3.49. The van der Waals surface area contributed by atoms with E-state index in [1.807, 2.05) is 30.6 Å². The van der Waals surface area contributed by atoms with Crippen LogP contribution in [0.3, 0.4) is 0 Å². The predicted molar refractivity (Wildman–Crippen MR) is 38.2 cm³/mol. The van der Waals surface area contributed by atoms with Gasteiger partial charge in [0.25, 0.3) is 5.72 Å². The van der Waals surface area contributed by atoms with Crippen LogP contribution in [-0.2, 0) is 5.72 Å². The number of aromatic nitrogens is 1. The number of hydrogen-bond donors (Lipinski definition) is 1. The summed E-state index contributed by atoms with van der Waals surface area (Å²) in [5.41, 5.74) is -0.790. The zero-order chi connectivity index (χ0) is 7.61. The van der Waals surface area contributed by atoms with Crippen LogP contribution in [0.25, 0.3) is 0 Å². The molecule has 0 radical (unpaired) electrons. The number of nitrogens with zero attached hydrogens (tertiary/aromatic N) is 1. The van der Waals surface area contributed by atoms with E-state index in [-0.39, 0.29) is 12.4 Å². The average molecular weight is 174 g/mol. The number of aliphatic hydroxyl groups is 1. The Hall–Kier alpha value is -0.600. The van der Waals surface area contributed by atoms with Crippen LogP contribution in [0.1, 0.15) is 13.8 Å². The summed E-state index contributed by atoms with van der Waals surface area (Å²) < 4.78 is 1.74. The van der Waals surface area contributed by atoms with Crippen molar-refractivity contribution in [3.05, 3.63) is 30.6 Å². The van der Waals surface area contributed by atoms with Crippen molar-refractivity contribution in [2.45, 2.75) is 19.6 Å². The zero-order valence-electron chi connectivity index (χ0n) is 6.66. The minimum Gasteiger partial charge on any atom is -1.00 e. The topological polar surface area (TPSA) is 24.1 Å². The van der Waals surface area contributed by atoms with Crippen LogP contribution >= 0.6 is 0 Å². The fraction of sp³-hybridized carbons (Fsp3) is 0.375. The molecule has 0 spiro atoms. The fourth-order valence-corrected chi connectivity index (χ4v) is 0.763. The summed E-state index contributed by atoms with van der Waals surface area (Å²) >= 11 is 0. The van der Waals surface area contributed by atoms with Gasteiger partial charge in [0.15, 0.2) is 12.4 Å². The van der Waals surface area contributed by atoms with Crippen LogP contribution in [0.5, 0.6) is 0 Å². The lowest BCUT2D eigenvalue weighted by atomic mass is 10.3. The van der Waals surface area contributed by atoms with Crippen molar-refractivity contribution >= 4 is 0 Å². The lowest BCUT2D eigenvalue weighted by Gasteiger charge is -2.09. The fourth-order valence-electron chi connectivity index (χ4n) is 0.763. The third-order valence-electron chi connectivity index (χ3n) is 1.35. The smallest absolute Gasteiger partial charge is 0.263 e. The molecule has 0 saturated carbocycles. The molecule has 2 nitrogen and oxygen atoms in total. The van der Waals surface area contributed by atoms with Crippen LogP contribution in [0.2, 0.25) is 0 Å². The normalized spacial score (nSPS) is 10.5. The van der Waals surface area contributed by atoms with Crippen LogP contribution in [0, 0.1) is 0 Å². The maximum Gasteiger partial charge on any atom is 0.263 e. The molecule has 0 aromatic carbocycles. The molecule has 0 bridgehead atoms. The highest BCUT2D eigenvalue weighted by molar-refractivity contribution is 4.84. The maximum absolute atomic E-state index is 9.45. The quantitative estimate of drug-likeness (QED) is 0.473. The lowest BCUT2D eigenvalue weighted by molar-refractivity contribution is -0.799. The molecule has 62 valence electrons. The van der Waals surface area contributed by atoms with Gasteiger partial charge in [-0.1, -0.05) is 6.07 Å². The summed E-state index contributed by atoms with van der Waals surface area (Å²) in [5, 5.41) is 9.45. The highest BCUT2D eigenvalue weighted by Gasteiger charge is 2.21. The van der Waals surface area contributed by atoms with Crippen LogP contribution in [0.4, 0.5) is 0 Å². The summed E-state index contributed by atoms with van der Waals surface area (Å²) in [6.45, 7) is 3.49. The monoisotopic (exact) mass is 173 g/mol. The highest BCUT2D eigenvalue weighted by atomic mass is 35.5. The van der Waals surface area contributed by atoms with Gasteiger partial charge in [-0.25, -0.2) is 0 Å². The van der Waals surface area contributed by atoms with Crippen molar-refractivity contribution in [1.82, 2.24) is 0 Å². The molecule has 1 aromatic rings. The van der Waals surface area contributed by atoms with Crippen molar-refractivity contribution in [1.29, 1.82) is 0 Å². The van der Waals surface area contributed by atoms with Crippen molar-refractivity contribution in [2.75, 3.05) is 0 Å². The Morgan fingerprint density at radius 3 is 1.82 bits per heavy atom. The third kappa shape index (κ3) is 2.87. The van der Waals surface area contributed by atoms with Gasteiger partial charge in [-0.2, -0.15) is 4.57 Å². The average Bonchev–Trinajstić information content (AvgIpc) is 1.88. The first-order valence-electron chi connectivity index (χ1n) is 3.30. The van der Waals surface area contributed by atoms with E-state index >= 15 is 0 Å². The molecule has 1 rings (SSSR count). The summed E-state index contributed by atoms with van der Waals surface area (Å²) in [5.74, 6) is 0. The summed E-state index contributed by atoms with van der Waals surface area (Å²) in [4.78, 5) is 0. The summed E-state index contributed by atoms with van der Waals surface area (Å²) in [6, 6.07) is 5.69. The van der Waals surface area contributed by atoms with E-state index in [2.05, 4.69) is 0 Å². The molecule has 0 atom stereocenters. The van der Waals surface area contributed by atoms with Crippen LogP contribution in [-0.4, -0.2) is 5.11 Å².